The van der Waals surface area contributed by atoms with Crippen molar-refractivity contribution in [2.24, 2.45) is 0 Å². The molecular weight excluding hydrogens is 408 g/mol. The van der Waals surface area contributed by atoms with E-state index >= 15 is 0 Å². The third-order valence-corrected chi connectivity index (χ3v) is 4.77. The van der Waals surface area contributed by atoms with Crippen LogP contribution in [0.4, 0.5) is 0 Å². The second-order valence-electron chi connectivity index (χ2n) is 6.68. The number of aliphatic hydroxyl groups is 1. The van der Waals surface area contributed by atoms with Crippen LogP contribution in [0.15, 0.2) is 30.3 Å². The Hall–Kier alpha value is -2.56. The third kappa shape index (κ3) is 7.36. The molecule has 0 aliphatic heterocycles. The molecule has 9 nitrogen and oxygen atoms in total. The van der Waals surface area contributed by atoms with Crippen LogP contribution in [0.5, 0.6) is 5.88 Å². The number of hydrazine groups is 1. The number of amides is 1. The molecule has 10 heteroatoms. The molecule has 0 aliphatic carbocycles. The highest BCUT2D eigenvalue weighted by atomic mass is 32.1. The molecule has 2 aromatic rings. The summed E-state index contributed by atoms with van der Waals surface area (Å²) in [4.78, 5) is 24.0. The van der Waals surface area contributed by atoms with Gasteiger partial charge in [0.1, 0.15) is 18.4 Å². The number of hydrogen-bond acceptors (Lipinski definition) is 9. The molecule has 0 spiro atoms. The third-order valence-electron chi connectivity index (χ3n) is 4.25. The number of ether oxygens (including phenoxy) is 2. The minimum absolute atomic E-state index is 0.0255. The zero-order chi connectivity index (χ0) is 21.9. The fourth-order valence-electron chi connectivity index (χ4n) is 2.69. The highest BCUT2D eigenvalue weighted by Gasteiger charge is 2.22. The number of nitrogens with zero attached hydrogens (tertiary/aromatic N) is 3. The normalized spacial score (nSPS) is 13.0. The summed E-state index contributed by atoms with van der Waals surface area (Å²) < 4.78 is 18.9. The molecule has 0 fully saturated rings. The highest BCUT2D eigenvalue weighted by molar-refractivity contribution is 6.99. The van der Waals surface area contributed by atoms with Gasteiger partial charge < -0.3 is 14.6 Å². The van der Waals surface area contributed by atoms with E-state index < -0.39 is 6.10 Å². The number of rotatable bonds is 12. The SMILES string of the molecule is CCOC(=O)CC(C)c1nsnc1OCC(O)CN(CC)NC(=O)c1ccccc1. The Morgan fingerprint density at radius 2 is 1.97 bits per heavy atom. The second kappa shape index (κ2) is 12.2. The van der Waals surface area contributed by atoms with Gasteiger partial charge in [-0.2, -0.15) is 4.37 Å². The maximum atomic E-state index is 12.3. The summed E-state index contributed by atoms with van der Waals surface area (Å²) in [6, 6.07) is 8.85. The topological polar surface area (TPSA) is 114 Å². The predicted molar refractivity (Wildman–Crippen MR) is 112 cm³/mol. The van der Waals surface area contributed by atoms with Gasteiger partial charge in [-0.05, 0) is 19.1 Å². The maximum absolute atomic E-state index is 12.3. The first-order valence-electron chi connectivity index (χ1n) is 9.84. The number of benzene rings is 1. The molecule has 0 radical (unpaired) electrons. The number of carbonyl (C=O) groups is 2. The summed E-state index contributed by atoms with van der Waals surface area (Å²) in [5.74, 6) is -0.472. The second-order valence-corrected chi connectivity index (χ2v) is 7.20. The quantitative estimate of drug-likeness (QED) is 0.384. The number of aromatic nitrogens is 2. The van der Waals surface area contributed by atoms with E-state index in [0.29, 0.717) is 30.3 Å². The van der Waals surface area contributed by atoms with Crippen molar-refractivity contribution >= 4 is 23.6 Å². The van der Waals surface area contributed by atoms with Gasteiger partial charge in [0.05, 0.1) is 24.8 Å². The minimum atomic E-state index is -0.865. The maximum Gasteiger partial charge on any atom is 0.306 e. The van der Waals surface area contributed by atoms with Gasteiger partial charge in [0.2, 0.25) is 5.88 Å². The molecule has 2 N–H and O–H groups in total. The Labute approximate surface area is 180 Å². The van der Waals surface area contributed by atoms with E-state index in [0.717, 1.165) is 11.7 Å². The molecule has 2 rings (SSSR count). The number of esters is 1. The fourth-order valence-corrected chi connectivity index (χ4v) is 3.30. The Bertz CT molecular complexity index is 802. The van der Waals surface area contributed by atoms with Crippen molar-refractivity contribution in [2.45, 2.75) is 39.2 Å². The first-order chi connectivity index (χ1) is 14.4. The van der Waals surface area contributed by atoms with Crippen molar-refractivity contribution in [2.75, 3.05) is 26.3 Å². The fraction of sp³-hybridized carbons (Fsp3) is 0.500. The van der Waals surface area contributed by atoms with E-state index in [1.54, 1.807) is 36.2 Å². The summed E-state index contributed by atoms with van der Waals surface area (Å²) in [5.41, 5.74) is 3.87. The average molecular weight is 437 g/mol. The lowest BCUT2D eigenvalue weighted by Gasteiger charge is -2.24. The predicted octanol–water partition coefficient (Wildman–Crippen LogP) is 2.00. The largest absolute Gasteiger partial charge is 0.473 e. The lowest BCUT2D eigenvalue weighted by molar-refractivity contribution is -0.143. The van der Waals surface area contributed by atoms with Crippen LogP contribution < -0.4 is 10.2 Å². The van der Waals surface area contributed by atoms with Gasteiger partial charge in [-0.15, -0.1) is 4.37 Å². The van der Waals surface area contributed by atoms with E-state index in [1.807, 2.05) is 19.9 Å². The average Bonchev–Trinajstić information content (AvgIpc) is 3.21. The van der Waals surface area contributed by atoms with Gasteiger partial charge in [-0.3, -0.25) is 15.0 Å². The van der Waals surface area contributed by atoms with Crippen molar-refractivity contribution in [3.8, 4) is 5.88 Å². The van der Waals surface area contributed by atoms with Crippen molar-refractivity contribution in [3.05, 3.63) is 41.6 Å². The van der Waals surface area contributed by atoms with Crippen LogP contribution in [-0.2, 0) is 9.53 Å². The van der Waals surface area contributed by atoms with Crippen LogP contribution in [0.2, 0.25) is 0 Å². The van der Waals surface area contributed by atoms with E-state index in [4.69, 9.17) is 9.47 Å². The van der Waals surface area contributed by atoms with Crippen LogP contribution in [0.3, 0.4) is 0 Å². The van der Waals surface area contributed by atoms with Crippen LogP contribution in [0, 0.1) is 0 Å². The molecule has 1 aromatic heterocycles. The lowest BCUT2D eigenvalue weighted by Crippen LogP contribution is -2.47. The first-order valence-corrected chi connectivity index (χ1v) is 10.6. The molecule has 2 atom stereocenters. The lowest BCUT2D eigenvalue weighted by atomic mass is 10.0. The highest BCUT2D eigenvalue weighted by Crippen LogP contribution is 2.27. The molecule has 0 bridgehead atoms. The van der Waals surface area contributed by atoms with E-state index in [-0.39, 0.29) is 37.4 Å². The smallest absolute Gasteiger partial charge is 0.306 e. The Morgan fingerprint density at radius 3 is 2.63 bits per heavy atom. The summed E-state index contributed by atoms with van der Waals surface area (Å²) in [6.45, 7) is 6.46. The zero-order valence-electron chi connectivity index (χ0n) is 17.4. The molecular formula is C20H28N4O5S. The first kappa shape index (κ1) is 23.7. The summed E-state index contributed by atoms with van der Waals surface area (Å²) in [6.07, 6.45) is -0.691. The Balaban J connectivity index is 1.85. The van der Waals surface area contributed by atoms with Gasteiger partial charge in [0.15, 0.2) is 0 Å². The number of hydrogen-bond donors (Lipinski definition) is 2. The van der Waals surface area contributed by atoms with Crippen LogP contribution >= 0.6 is 11.7 Å². The van der Waals surface area contributed by atoms with Gasteiger partial charge in [0, 0.05) is 24.6 Å². The van der Waals surface area contributed by atoms with Crippen molar-refractivity contribution in [1.29, 1.82) is 0 Å². The summed E-state index contributed by atoms with van der Waals surface area (Å²) in [7, 11) is 0. The van der Waals surface area contributed by atoms with Crippen molar-refractivity contribution < 1.29 is 24.2 Å². The summed E-state index contributed by atoms with van der Waals surface area (Å²) >= 11 is 0.985. The summed E-state index contributed by atoms with van der Waals surface area (Å²) in [5, 5.41) is 12.0. The molecule has 0 saturated heterocycles. The molecule has 30 heavy (non-hydrogen) atoms. The van der Waals surface area contributed by atoms with Crippen LogP contribution in [-0.4, -0.2) is 63.1 Å². The number of nitrogens with one attached hydrogen (secondary N) is 1. The van der Waals surface area contributed by atoms with Gasteiger partial charge >= 0.3 is 5.97 Å². The van der Waals surface area contributed by atoms with Crippen molar-refractivity contribution in [3.63, 3.8) is 0 Å². The van der Waals surface area contributed by atoms with E-state index in [9.17, 15) is 14.7 Å². The van der Waals surface area contributed by atoms with Crippen LogP contribution in [0.25, 0.3) is 0 Å². The van der Waals surface area contributed by atoms with E-state index in [1.165, 1.54) is 0 Å². The molecule has 1 heterocycles. The standard InChI is InChI=1S/C20H28N4O5S/c1-4-24(21-19(27)15-9-7-6-8-10-15)12-16(25)13-29-20-18(22-30-23-20)14(3)11-17(26)28-5-2/h6-10,14,16,25H,4-5,11-13H2,1-3H3,(H,21,27). The zero-order valence-corrected chi connectivity index (χ0v) is 18.2. The molecule has 2 unspecified atom stereocenters. The molecule has 1 amide bonds. The Morgan fingerprint density at radius 1 is 1.23 bits per heavy atom. The Kier molecular flexibility index (Phi) is 9.65. The number of aliphatic hydroxyl groups excluding tert-OH is 1. The van der Waals surface area contributed by atoms with E-state index in [2.05, 4.69) is 14.2 Å². The molecule has 164 valence electrons. The molecule has 1 aromatic carbocycles. The van der Waals surface area contributed by atoms with Crippen LogP contribution in [0.1, 0.15) is 49.2 Å². The number of carbonyl (C=O) groups excluding carboxylic acids is 2. The number of likely N-dealkylation sites (N-methyl/N-ethyl adjacent to an activating group) is 1. The van der Waals surface area contributed by atoms with Gasteiger partial charge in [0.25, 0.3) is 5.91 Å². The van der Waals surface area contributed by atoms with Gasteiger partial charge in [-0.25, -0.2) is 5.01 Å². The minimum Gasteiger partial charge on any atom is -0.473 e. The van der Waals surface area contributed by atoms with Crippen molar-refractivity contribution in [1.82, 2.24) is 19.2 Å². The van der Waals surface area contributed by atoms with Gasteiger partial charge in [-0.1, -0.05) is 32.0 Å². The molecule has 0 aliphatic rings. The molecule has 0 saturated carbocycles. The monoisotopic (exact) mass is 436 g/mol.